The number of pyridine rings is 1. The fraction of sp³-hybridized carbons (Fsp3) is 0.524. The van der Waals surface area contributed by atoms with Gasteiger partial charge >= 0.3 is 0 Å². The number of ether oxygens (including phenoxy) is 1. The van der Waals surface area contributed by atoms with Crippen molar-refractivity contribution in [3.05, 3.63) is 42.1 Å². The van der Waals surface area contributed by atoms with E-state index in [-0.39, 0.29) is 11.4 Å². The van der Waals surface area contributed by atoms with Crippen LogP contribution in [0.5, 0.6) is 0 Å². The highest BCUT2D eigenvalue weighted by molar-refractivity contribution is 6.06. The van der Waals surface area contributed by atoms with Gasteiger partial charge in [-0.15, -0.1) is 0 Å². The fourth-order valence-electron chi connectivity index (χ4n) is 4.76. The van der Waals surface area contributed by atoms with Gasteiger partial charge in [-0.25, -0.2) is 0 Å². The molecule has 4 rings (SSSR count). The minimum Gasteiger partial charge on any atom is -0.383 e. The van der Waals surface area contributed by atoms with Crippen molar-refractivity contribution in [2.45, 2.75) is 37.3 Å². The molecule has 1 atom stereocenters. The summed E-state index contributed by atoms with van der Waals surface area (Å²) in [5.41, 5.74) is 1.88. The van der Waals surface area contributed by atoms with E-state index in [0.29, 0.717) is 6.04 Å². The van der Waals surface area contributed by atoms with Gasteiger partial charge in [0.15, 0.2) is 0 Å². The molecule has 2 aliphatic rings. The molecule has 0 bridgehead atoms. The number of fused-ring (bicyclic) bond motifs is 1. The number of hydrogen-bond donors (Lipinski definition) is 0. The number of carbonyl (C=O) groups excluding carboxylic acids is 1. The molecule has 1 aromatic carbocycles. The van der Waals surface area contributed by atoms with Gasteiger partial charge in [-0.05, 0) is 44.9 Å². The number of amides is 1. The van der Waals surface area contributed by atoms with E-state index in [1.54, 1.807) is 13.3 Å². The van der Waals surface area contributed by atoms with Gasteiger partial charge in [-0.3, -0.25) is 14.7 Å². The van der Waals surface area contributed by atoms with Crippen molar-refractivity contribution in [2.24, 2.45) is 0 Å². The fourth-order valence-corrected chi connectivity index (χ4v) is 4.76. The van der Waals surface area contributed by atoms with Crippen molar-refractivity contribution in [3.63, 3.8) is 0 Å². The molecule has 1 amide bonds. The molecule has 5 nitrogen and oxygen atoms in total. The number of benzene rings is 1. The van der Waals surface area contributed by atoms with Gasteiger partial charge in [0.1, 0.15) is 0 Å². The lowest BCUT2D eigenvalue weighted by molar-refractivity contribution is 0.0274. The molecule has 0 aliphatic carbocycles. The van der Waals surface area contributed by atoms with Crippen molar-refractivity contribution in [3.8, 4) is 0 Å². The van der Waals surface area contributed by atoms with Crippen LogP contribution >= 0.6 is 0 Å². The van der Waals surface area contributed by atoms with Gasteiger partial charge in [-0.2, -0.15) is 0 Å². The number of piperidine rings is 1. The third-order valence-electron chi connectivity index (χ3n) is 6.46. The zero-order valence-corrected chi connectivity index (χ0v) is 15.6. The first kappa shape index (κ1) is 17.4. The van der Waals surface area contributed by atoms with Crippen LogP contribution in [0.25, 0.3) is 10.9 Å². The van der Waals surface area contributed by atoms with E-state index in [1.807, 2.05) is 35.2 Å². The zero-order valence-electron chi connectivity index (χ0n) is 15.6. The maximum atomic E-state index is 13.1. The lowest BCUT2D eigenvalue weighted by Gasteiger charge is -2.45. The second-order valence-corrected chi connectivity index (χ2v) is 7.65. The summed E-state index contributed by atoms with van der Waals surface area (Å²) in [5.74, 6) is 0.132. The van der Waals surface area contributed by atoms with E-state index in [9.17, 15) is 4.79 Å². The summed E-state index contributed by atoms with van der Waals surface area (Å²) in [6, 6.07) is 10.2. The van der Waals surface area contributed by atoms with Crippen LogP contribution in [-0.4, -0.2) is 66.1 Å². The highest BCUT2D eigenvalue weighted by Gasteiger charge is 2.46. The predicted octanol–water partition coefficient (Wildman–Crippen LogP) is 2.95. The summed E-state index contributed by atoms with van der Waals surface area (Å²) in [6.45, 7) is 2.43. The molecule has 1 spiro atoms. The molecular weight excluding hydrogens is 326 g/mol. The molecule has 0 radical (unpaired) electrons. The first-order valence-electron chi connectivity index (χ1n) is 9.49. The average Bonchev–Trinajstić information content (AvgIpc) is 2.98. The SMILES string of the molecule is COCC1CCC2(CCN(C(=O)c3ccnc4ccccc34)CC2)N1C. The second-order valence-electron chi connectivity index (χ2n) is 7.65. The number of nitrogens with zero attached hydrogens (tertiary/aromatic N) is 3. The summed E-state index contributed by atoms with van der Waals surface area (Å²) in [6.07, 6.45) is 6.21. The van der Waals surface area contributed by atoms with Gasteiger partial charge in [0.05, 0.1) is 17.7 Å². The van der Waals surface area contributed by atoms with Crippen molar-refractivity contribution >= 4 is 16.8 Å². The summed E-state index contributed by atoms with van der Waals surface area (Å²) in [4.78, 5) is 22.0. The number of aromatic nitrogens is 1. The quantitative estimate of drug-likeness (QED) is 0.851. The molecule has 26 heavy (non-hydrogen) atoms. The van der Waals surface area contributed by atoms with Crippen LogP contribution < -0.4 is 0 Å². The molecule has 2 aliphatic heterocycles. The molecule has 3 heterocycles. The minimum atomic E-state index is 0.132. The van der Waals surface area contributed by atoms with E-state index in [2.05, 4.69) is 16.9 Å². The van der Waals surface area contributed by atoms with Gasteiger partial charge in [-0.1, -0.05) is 18.2 Å². The number of methoxy groups -OCH3 is 1. The Bertz CT molecular complexity index is 793. The summed E-state index contributed by atoms with van der Waals surface area (Å²) in [7, 11) is 4.00. The number of para-hydroxylation sites is 1. The van der Waals surface area contributed by atoms with Gasteiger partial charge in [0.25, 0.3) is 5.91 Å². The first-order chi connectivity index (χ1) is 12.6. The number of likely N-dealkylation sites (N-methyl/N-ethyl adjacent to an activating group) is 1. The van der Waals surface area contributed by atoms with Crippen molar-refractivity contribution in [1.82, 2.24) is 14.8 Å². The number of carbonyl (C=O) groups is 1. The summed E-state index contributed by atoms with van der Waals surface area (Å²) >= 11 is 0. The number of rotatable bonds is 3. The Balaban J connectivity index is 1.49. The van der Waals surface area contributed by atoms with Crippen LogP contribution in [0.15, 0.2) is 36.5 Å². The van der Waals surface area contributed by atoms with Crippen molar-refractivity contribution < 1.29 is 9.53 Å². The molecule has 2 saturated heterocycles. The maximum Gasteiger partial charge on any atom is 0.254 e. The second kappa shape index (κ2) is 6.97. The molecule has 138 valence electrons. The van der Waals surface area contributed by atoms with Crippen molar-refractivity contribution in [1.29, 1.82) is 0 Å². The standard InChI is InChI=1S/C21H27N3O2/c1-23-16(15-26-2)7-9-21(23)10-13-24(14-11-21)20(25)18-8-12-22-19-6-4-3-5-17(18)19/h3-6,8,12,16H,7,9-11,13-15H2,1-2H3. The van der Waals surface area contributed by atoms with E-state index in [4.69, 9.17) is 4.74 Å². The van der Waals surface area contributed by atoms with Gasteiger partial charge < -0.3 is 9.64 Å². The Hall–Kier alpha value is -1.98. The van der Waals surface area contributed by atoms with E-state index >= 15 is 0 Å². The van der Waals surface area contributed by atoms with Crippen LogP contribution in [0.3, 0.4) is 0 Å². The molecular formula is C21H27N3O2. The Morgan fingerprint density at radius 1 is 1.23 bits per heavy atom. The van der Waals surface area contributed by atoms with Crippen LogP contribution in [0.4, 0.5) is 0 Å². The molecule has 1 unspecified atom stereocenters. The minimum absolute atomic E-state index is 0.132. The largest absolute Gasteiger partial charge is 0.383 e. The van der Waals surface area contributed by atoms with Crippen LogP contribution in [-0.2, 0) is 4.74 Å². The van der Waals surface area contributed by atoms with Gasteiger partial charge in [0, 0.05) is 43.4 Å². The smallest absolute Gasteiger partial charge is 0.254 e. The Labute approximate surface area is 154 Å². The summed E-state index contributed by atoms with van der Waals surface area (Å²) in [5, 5.41) is 0.943. The third kappa shape index (κ3) is 2.89. The Morgan fingerprint density at radius 3 is 2.77 bits per heavy atom. The average molecular weight is 353 g/mol. The molecule has 5 heteroatoms. The van der Waals surface area contributed by atoms with Crippen LogP contribution in [0.1, 0.15) is 36.0 Å². The van der Waals surface area contributed by atoms with E-state index in [1.165, 1.54) is 12.8 Å². The van der Waals surface area contributed by atoms with Crippen LogP contribution in [0, 0.1) is 0 Å². The monoisotopic (exact) mass is 353 g/mol. The highest BCUT2D eigenvalue weighted by Crippen LogP contribution is 2.40. The summed E-state index contributed by atoms with van der Waals surface area (Å²) < 4.78 is 5.38. The van der Waals surface area contributed by atoms with Crippen LogP contribution in [0.2, 0.25) is 0 Å². The lowest BCUT2D eigenvalue weighted by Crippen LogP contribution is -2.54. The van der Waals surface area contributed by atoms with E-state index in [0.717, 1.165) is 49.0 Å². The maximum absolute atomic E-state index is 13.1. The van der Waals surface area contributed by atoms with Crippen molar-refractivity contribution in [2.75, 3.05) is 33.9 Å². The molecule has 0 N–H and O–H groups in total. The number of hydrogen-bond acceptors (Lipinski definition) is 4. The molecule has 2 aromatic rings. The third-order valence-corrected chi connectivity index (χ3v) is 6.46. The molecule has 1 aromatic heterocycles. The Kier molecular flexibility index (Phi) is 4.67. The van der Waals surface area contributed by atoms with E-state index < -0.39 is 0 Å². The lowest BCUT2D eigenvalue weighted by atomic mass is 9.85. The Morgan fingerprint density at radius 2 is 2.00 bits per heavy atom. The highest BCUT2D eigenvalue weighted by atomic mass is 16.5. The first-order valence-corrected chi connectivity index (χ1v) is 9.49. The molecule has 0 saturated carbocycles. The van der Waals surface area contributed by atoms with Gasteiger partial charge in [0.2, 0.25) is 0 Å². The zero-order chi connectivity index (χ0) is 18.1. The topological polar surface area (TPSA) is 45.7 Å². The predicted molar refractivity (Wildman–Crippen MR) is 102 cm³/mol. The molecule has 2 fully saturated rings. The number of likely N-dealkylation sites (tertiary alicyclic amines) is 2. The normalized spacial score (nSPS) is 23.0.